The number of carbonyl (C=O) groups excluding carboxylic acids is 1. The number of aliphatic hydroxyl groups is 1. The molecule has 2 rings (SSSR count). The largest absolute Gasteiger partial charge is 0.396 e. The molecule has 1 N–H and O–H groups in total. The van der Waals surface area contributed by atoms with Crippen LogP contribution in [0, 0.1) is 11.8 Å². The predicted molar refractivity (Wildman–Crippen MR) is 58.3 cm³/mol. The molecule has 1 saturated carbocycles. The minimum Gasteiger partial charge on any atom is -0.396 e. The molecule has 0 radical (unpaired) electrons. The maximum atomic E-state index is 11.3. The lowest BCUT2D eigenvalue weighted by Gasteiger charge is -2.46. The Morgan fingerprint density at radius 1 is 1.40 bits per heavy atom. The van der Waals surface area contributed by atoms with Crippen molar-refractivity contribution in [3.8, 4) is 0 Å². The molecule has 1 aliphatic carbocycles. The molecule has 1 heterocycles. The molecule has 0 aromatic heterocycles. The van der Waals surface area contributed by atoms with Gasteiger partial charge in [-0.25, -0.2) is 0 Å². The Labute approximate surface area is 91.5 Å². The second-order valence-corrected chi connectivity index (χ2v) is 4.96. The molecule has 0 spiro atoms. The minimum absolute atomic E-state index is 0.169. The summed E-state index contributed by atoms with van der Waals surface area (Å²) in [4.78, 5) is 13.2. The third kappa shape index (κ3) is 2.03. The van der Waals surface area contributed by atoms with Crippen LogP contribution in [0.4, 0.5) is 0 Å². The molecule has 0 bridgehead atoms. The number of rotatable bonds is 3. The van der Waals surface area contributed by atoms with Crippen LogP contribution < -0.4 is 0 Å². The van der Waals surface area contributed by atoms with Crippen molar-refractivity contribution in [2.75, 3.05) is 13.2 Å². The van der Waals surface area contributed by atoms with Crippen LogP contribution in [0.1, 0.15) is 39.0 Å². The second kappa shape index (κ2) is 4.52. The average Bonchev–Trinajstić information content (AvgIpc) is 2.63. The first-order valence-corrected chi connectivity index (χ1v) is 6.12. The van der Waals surface area contributed by atoms with Crippen LogP contribution in [0.5, 0.6) is 0 Å². The summed E-state index contributed by atoms with van der Waals surface area (Å²) in [5.74, 6) is 1.16. The van der Waals surface area contributed by atoms with Crippen molar-refractivity contribution in [2.24, 2.45) is 11.8 Å². The fourth-order valence-corrected chi connectivity index (χ4v) is 3.21. The Morgan fingerprint density at radius 3 is 2.47 bits per heavy atom. The number of hydrogen-bond acceptors (Lipinski definition) is 2. The maximum absolute atomic E-state index is 11.3. The molecule has 0 aromatic rings. The van der Waals surface area contributed by atoms with Crippen LogP contribution in [-0.4, -0.2) is 35.1 Å². The van der Waals surface area contributed by atoms with Crippen LogP contribution in [0.25, 0.3) is 0 Å². The summed E-state index contributed by atoms with van der Waals surface area (Å²) in [6, 6.07) is 0.329. The fourth-order valence-electron chi connectivity index (χ4n) is 3.21. The van der Waals surface area contributed by atoms with Gasteiger partial charge in [-0.15, -0.1) is 0 Å². The third-order valence-electron chi connectivity index (χ3n) is 4.18. The van der Waals surface area contributed by atoms with Gasteiger partial charge in [-0.05, 0) is 12.3 Å². The first-order valence-electron chi connectivity index (χ1n) is 6.12. The Bertz CT molecular complexity index is 236. The number of likely N-dealkylation sites (tertiary alicyclic amines) is 1. The SMILES string of the molecule is CC(=O)N1CCC1C(CO)C1CCCC1. The highest BCUT2D eigenvalue weighted by Gasteiger charge is 2.40. The van der Waals surface area contributed by atoms with Gasteiger partial charge in [0.25, 0.3) is 0 Å². The normalized spacial score (nSPS) is 28.9. The number of hydrogen-bond donors (Lipinski definition) is 1. The van der Waals surface area contributed by atoms with Gasteiger partial charge in [0.1, 0.15) is 0 Å². The lowest BCUT2D eigenvalue weighted by Crippen LogP contribution is -2.56. The van der Waals surface area contributed by atoms with Crippen molar-refractivity contribution in [3.05, 3.63) is 0 Å². The van der Waals surface area contributed by atoms with E-state index in [9.17, 15) is 9.90 Å². The molecule has 2 fully saturated rings. The van der Waals surface area contributed by atoms with Gasteiger partial charge < -0.3 is 10.0 Å². The summed E-state index contributed by atoms with van der Waals surface area (Å²) < 4.78 is 0. The van der Waals surface area contributed by atoms with Crippen molar-refractivity contribution >= 4 is 5.91 Å². The van der Waals surface area contributed by atoms with Crippen molar-refractivity contribution in [3.63, 3.8) is 0 Å². The molecule has 86 valence electrons. The highest BCUT2D eigenvalue weighted by Crippen LogP contribution is 2.38. The first-order chi connectivity index (χ1) is 7.24. The van der Waals surface area contributed by atoms with Crippen molar-refractivity contribution in [1.29, 1.82) is 0 Å². The number of amides is 1. The van der Waals surface area contributed by atoms with Crippen molar-refractivity contribution < 1.29 is 9.90 Å². The Morgan fingerprint density at radius 2 is 2.07 bits per heavy atom. The smallest absolute Gasteiger partial charge is 0.219 e. The van der Waals surface area contributed by atoms with E-state index >= 15 is 0 Å². The Balaban J connectivity index is 1.97. The molecule has 3 heteroatoms. The highest BCUT2D eigenvalue weighted by atomic mass is 16.3. The molecule has 3 nitrogen and oxygen atoms in total. The van der Waals surface area contributed by atoms with Crippen molar-refractivity contribution in [1.82, 2.24) is 4.90 Å². The molecule has 2 aliphatic rings. The predicted octanol–water partition coefficient (Wildman–Crippen LogP) is 1.41. The summed E-state index contributed by atoms with van der Waals surface area (Å²) in [6.45, 7) is 2.78. The average molecular weight is 211 g/mol. The molecule has 2 unspecified atom stereocenters. The molecular formula is C12H21NO2. The standard InChI is InChI=1S/C12H21NO2/c1-9(15)13-7-6-12(13)11(8-14)10-4-2-3-5-10/h10-12,14H,2-8H2,1H3. The zero-order valence-corrected chi connectivity index (χ0v) is 9.48. The summed E-state index contributed by atoms with van der Waals surface area (Å²) in [5, 5.41) is 9.48. The van der Waals surface area contributed by atoms with E-state index in [0.717, 1.165) is 13.0 Å². The van der Waals surface area contributed by atoms with E-state index in [1.807, 2.05) is 4.90 Å². The zero-order valence-electron chi connectivity index (χ0n) is 9.48. The molecular weight excluding hydrogens is 190 g/mol. The third-order valence-corrected chi connectivity index (χ3v) is 4.18. The quantitative estimate of drug-likeness (QED) is 0.766. The van der Waals surface area contributed by atoms with E-state index in [2.05, 4.69) is 0 Å². The molecule has 1 aliphatic heterocycles. The fraction of sp³-hybridized carbons (Fsp3) is 0.917. The van der Waals surface area contributed by atoms with Gasteiger partial charge in [0.05, 0.1) is 0 Å². The van der Waals surface area contributed by atoms with Gasteiger partial charge in [-0.2, -0.15) is 0 Å². The van der Waals surface area contributed by atoms with Gasteiger partial charge in [-0.1, -0.05) is 25.7 Å². The zero-order chi connectivity index (χ0) is 10.8. The van der Waals surface area contributed by atoms with E-state index < -0.39 is 0 Å². The Hall–Kier alpha value is -0.570. The second-order valence-electron chi connectivity index (χ2n) is 4.96. The van der Waals surface area contributed by atoms with Crippen LogP contribution in [0.3, 0.4) is 0 Å². The first kappa shape index (κ1) is 10.9. The van der Waals surface area contributed by atoms with E-state index in [0.29, 0.717) is 17.9 Å². The minimum atomic E-state index is 0.169. The number of nitrogens with zero attached hydrogens (tertiary/aromatic N) is 1. The Kier molecular flexibility index (Phi) is 3.29. The number of carbonyl (C=O) groups is 1. The van der Waals surface area contributed by atoms with E-state index in [4.69, 9.17) is 0 Å². The number of aliphatic hydroxyl groups excluding tert-OH is 1. The van der Waals surface area contributed by atoms with E-state index in [-0.39, 0.29) is 12.5 Å². The lowest BCUT2D eigenvalue weighted by atomic mass is 9.79. The topological polar surface area (TPSA) is 40.5 Å². The van der Waals surface area contributed by atoms with Crippen molar-refractivity contribution in [2.45, 2.75) is 45.1 Å². The summed E-state index contributed by atoms with van der Waals surface area (Å²) in [7, 11) is 0. The van der Waals surface area contributed by atoms with Gasteiger partial charge in [0, 0.05) is 32.0 Å². The van der Waals surface area contributed by atoms with Crippen LogP contribution in [0.15, 0.2) is 0 Å². The molecule has 1 amide bonds. The van der Waals surface area contributed by atoms with E-state index in [1.165, 1.54) is 25.7 Å². The molecule has 2 atom stereocenters. The monoisotopic (exact) mass is 211 g/mol. The molecule has 0 aromatic carbocycles. The summed E-state index contributed by atoms with van der Waals surface area (Å²) in [5.41, 5.74) is 0. The van der Waals surface area contributed by atoms with E-state index in [1.54, 1.807) is 6.92 Å². The molecule has 1 saturated heterocycles. The van der Waals surface area contributed by atoms with Gasteiger partial charge in [0.15, 0.2) is 0 Å². The highest BCUT2D eigenvalue weighted by molar-refractivity contribution is 5.74. The van der Waals surface area contributed by atoms with Gasteiger partial charge >= 0.3 is 0 Å². The van der Waals surface area contributed by atoms with Gasteiger partial charge in [0.2, 0.25) is 5.91 Å². The summed E-state index contributed by atoms with van der Waals surface area (Å²) in [6.07, 6.45) is 6.17. The van der Waals surface area contributed by atoms with Crippen LogP contribution in [-0.2, 0) is 4.79 Å². The lowest BCUT2D eigenvalue weighted by molar-refractivity contribution is -0.140. The maximum Gasteiger partial charge on any atom is 0.219 e. The molecule has 15 heavy (non-hydrogen) atoms. The van der Waals surface area contributed by atoms with Crippen LogP contribution >= 0.6 is 0 Å². The van der Waals surface area contributed by atoms with Crippen LogP contribution in [0.2, 0.25) is 0 Å². The van der Waals surface area contributed by atoms with Gasteiger partial charge in [-0.3, -0.25) is 4.79 Å². The summed E-state index contributed by atoms with van der Waals surface area (Å²) >= 11 is 0.